The third-order valence-corrected chi connectivity index (χ3v) is 2.55. The summed E-state index contributed by atoms with van der Waals surface area (Å²) >= 11 is 5.91. The highest BCUT2D eigenvalue weighted by Gasteiger charge is 2.11. The van der Waals surface area contributed by atoms with Gasteiger partial charge >= 0.3 is 0 Å². The van der Waals surface area contributed by atoms with Crippen LogP contribution in [0.4, 0.5) is 4.39 Å². The molecule has 0 aliphatic heterocycles. The molecule has 2 aromatic rings. The highest BCUT2D eigenvalue weighted by molar-refractivity contribution is 6.34. The lowest BCUT2D eigenvalue weighted by atomic mass is 10.0. The molecule has 0 unspecified atom stereocenters. The number of ketones is 1. The first-order chi connectivity index (χ1) is 7.68. The third-order valence-electron chi connectivity index (χ3n) is 2.22. The molecule has 0 saturated heterocycles. The normalized spacial score (nSPS) is 10.1. The second-order valence-corrected chi connectivity index (χ2v) is 3.72. The van der Waals surface area contributed by atoms with Crippen molar-refractivity contribution < 1.29 is 9.18 Å². The lowest BCUT2D eigenvalue weighted by Gasteiger charge is -2.02. The minimum atomic E-state index is -0.365. The van der Waals surface area contributed by atoms with Crippen molar-refractivity contribution in [1.82, 2.24) is 0 Å². The molecule has 0 aliphatic rings. The maximum absolute atomic E-state index is 12.7. The van der Waals surface area contributed by atoms with E-state index in [2.05, 4.69) is 0 Å². The Morgan fingerprint density at radius 3 is 2.25 bits per heavy atom. The van der Waals surface area contributed by atoms with Gasteiger partial charge in [-0.05, 0) is 36.4 Å². The van der Waals surface area contributed by atoms with Crippen molar-refractivity contribution in [3.05, 3.63) is 70.5 Å². The molecule has 0 amide bonds. The summed E-state index contributed by atoms with van der Waals surface area (Å²) in [7, 11) is 0. The van der Waals surface area contributed by atoms with E-state index in [0.717, 1.165) is 0 Å². The third kappa shape index (κ3) is 2.12. The highest BCUT2D eigenvalue weighted by atomic mass is 35.5. The minimum absolute atomic E-state index is 0.203. The first-order valence-electron chi connectivity index (χ1n) is 4.73. The Balaban J connectivity index is 2.40. The standard InChI is InChI=1S/C13H8ClFO/c14-12-4-2-1-3-11(12)13(16)9-5-7-10(15)8-6-9/h1-8H. The Kier molecular flexibility index (Phi) is 3.02. The van der Waals surface area contributed by atoms with Crippen LogP contribution < -0.4 is 0 Å². The molecule has 3 heteroatoms. The Morgan fingerprint density at radius 2 is 1.62 bits per heavy atom. The van der Waals surface area contributed by atoms with Gasteiger partial charge in [0.05, 0.1) is 5.02 Å². The number of benzene rings is 2. The van der Waals surface area contributed by atoms with Crippen molar-refractivity contribution in [2.24, 2.45) is 0 Å². The van der Waals surface area contributed by atoms with Crippen molar-refractivity contribution >= 4 is 17.4 Å². The maximum Gasteiger partial charge on any atom is 0.194 e. The topological polar surface area (TPSA) is 17.1 Å². The van der Waals surface area contributed by atoms with Crippen molar-refractivity contribution in [1.29, 1.82) is 0 Å². The fourth-order valence-corrected chi connectivity index (χ4v) is 1.62. The number of carbonyl (C=O) groups excluding carboxylic acids is 1. The average molecular weight is 235 g/mol. The van der Waals surface area contributed by atoms with Crippen LogP contribution >= 0.6 is 11.6 Å². The smallest absolute Gasteiger partial charge is 0.194 e. The summed E-state index contributed by atoms with van der Waals surface area (Å²) in [5, 5.41) is 0.400. The van der Waals surface area contributed by atoms with Gasteiger partial charge < -0.3 is 0 Å². The fraction of sp³-hybridized carbons (Fsp3) is 0. The molecule has 0 N–H and O–H groups in total. The fourth-order valence-electron chi connectivity index (χ4n) is 1.40. The van der Waals surface area contributed by atoms with Crippen LogP contribution in [0.2, 0.25) is 5.02 Å². The number of carbonyl (C=O) groups is 1. The molecule has 0 radical (unpaired) electrons. The lowest BCUT2D eigenvalue weighted by molar-refractivity contribution is 0.103. The summed E-state index contributed by atoms with van der Waals surface area (Å²) in [5.41, 5.74) is 0.852. The molecule has 0 saturated carbocycles. The van der Waals surface area contributed by atoms with E-state index in [1.165, 1.54) is 24.3 Å². The van der Waals surface area contributed by atoms with Crippen molar-refractivity contribution in [3.8, 4) is 0 Å². The average Bonchev–Trinajstić information content (AvgIpc) is 2.30. The minimum Gasteiger partial charge on any atom is -0.289 e. The van der Waals surface area contributed by atoms with E-state index in [0.29, 0.717) is 16.1 Å². The Morgan fingerprint density at radius 1 is 1.00 bits per heavy atom. The first kappa shape index (κ1) is 10.8. The van der Waals surface area contributed by atoms with Crippen LogP contribution in [-0.2, 0) is 0 Å². The van der Waals surface area contributed by atoms with Gasteiger partial charge in [0.1, 0.15) is 5.82 Å². The maximum atomic E-state index is 12.7. The predicted molar refractivity (Wildman–Crippen MR) is 61.3 cm³/mol. The summed E-state index contributed by atoms with van der Waals surface area (Å²) < 4.78 is 12.7. The van der Waals surface area contributed by atoms with Crippen LogP contribution in [0.15, 0.2) is 48.5 Å². The number of rotatable bonds is 2. The summed E-state index contributed by atoms with van der Waals surface area (Å²) in [6, 6.07) is 12.2. The molecule has 80 valence electrons. The molecular weight excluding hydrogens is 227 g/mol. The van der Waals surface area contributed by atoms with Crippen LogP contribution in [0, 0.1) is 5.82 Å². The second-order valence-electron chi connectivity index (χ2n) is 3.32. The summed E-state index contributed by atoms with van der Waals surface area (Å²) in [4.78, 5) is 12.0. The van der Waals surface area contributed by atoms with E-state index in [1.807, 2.05) is 0 Å². The van der Waals surface area contributed by atoms with E-state index in [4.69, 9.17) is 11.6 Å². The second kappa shape index (κ2) is 4.45. The summed E-state index contributed by atoms with van der Waals surface area (Å²) in [5.74, 6) is -0.568. The number of hydrogen-bond donors (Lipinski definition) is 0. The van der Waals surface area contributed by atoms with Gasteiger partial charge in [-0.15, -0.1) is 0 Å². The van der Waals surface area contributed by atoms with Gasteiger partial charge in [-0.2, -0.15) is 0 Å². The van der Waals surface area contributed by atoms with Crippen LogP contribution in [0.1, 0.15) is 15.9 Å². The van der Waals surface area contributed by atoms with Gasteiger partial charge in [0.25, 0.3) is 0 Å². The molecule has 0 bridgehead atoms. The van der Waals surface area contributed by atoms with Crippen LogP contribution in [0.3, 0.4) is 0 Å². The Hall–Kier alpha value is -1.67. The van der Waals surface area contributed by atoms with E-state index in [9.17, 15) is 9.18 Å². The Bertz CT molecular complexity index is 520. The molecule has 0 fully saturated rings. The molecule has 2 rings (SSSR count). The summed E-state index contributed by atoms with van der Waals surface area (Å²) in [6.07, 6.45) is 0. The molecule has 0 aliphatic carbocycles. The van der Waals surface area contributed by atoms with E-state index < -0.39 is 0 Å². The summed E-state index contributed by atoms with van der Waals surface area (Å²) in [6.45, 7) is 0. The zero-order valence-corrected chi connectivity index (χ0v) is 9.04. The van der Waals surface area contributed by atoms with Crippen molar-refractivity contribution in [2.75, 3.05) is 0 Å². The van der Waals surface area contributed by atoms with Crippen molar-refractivity contribution in [2.45, 2.75) is 0 Å². The molecular formula is C13H8ClFO. The van der Waals surface area contributed by atoms with Crippen LogP contribution in [0.25, 0.3) is 0 Å². The van der Waals surface area contributed by atoms with Gasteiger partial charge in [-0.3, -0.25) is 4.79 Å². The number of hydrogen-bond acceptors (Lipinski definition) is 1. The van der Waals surface area contributed by atoms with E-state index in [1.54, 1.807) is 24.3 Å². The number of halogens is 2. The quantitative estimate of drug-likeness (QED) is 0.724. The Labute approximate surface area is 97.5 Å². The first-order valence-corrected chi connectivity index (χ1v) is 5.11. The SMILES string of the molecule is O=C(c1ccc(F)cc1)c1ccccc1Cl. The van der Waals surface area contributed by atoms with Gasteiger partial charge in [0.2, 0.25) is 0 Å². The monoisotopic (exact) mass is 234 g/mol. The molecule has 16 heavy (non-hydrogen) atoms. The van der Waals surface area contributed by atoms with Gasteiger partial charge in [-0.25, -0.2) is 4.39 Å². The molecule has 1 nitrogen and oxygen atoms in total. The van der Waals surface area contributed by atoms with Gasteiger partial charge in [-0.1, -0.05) is 23.7 Å². The zero-order valence-electron chi connectivity index (χ0n) is 8.28. The van der Waals surface area contributed by atoms with E-state index in [-0.39, 0.29) is 11.6 Å². The highest BCUT2D eigenvalue weighted by Crippen LogP contribution is 2.19. The lowest BCUT2D eigenvalue weighted by Crippen LogP contribution is -2.01. The predicted octanol–water partition coefficient (Wildman–Crippen LogP) is 3.71. The molecule has 0 heterocycles. The zero-order chi connectivity index (χ0) is 11.5. The van der Waals surface area contributed by atoms with Crippen LogP contribution in [0.5, 0.6) is 0 Å². The van der Waals surface area contributed by atoms with Crippen molar-refractivity contribution in [3.63, 3.8) is 0 Å². The van der Waals surface area contributed by atoms with E-state index >= 15 is 0 Å². The largest absolute Gasteiger partial charge is 0.289 e. The molecule has 0 aromatic heterocycles. The van der Waals surface area contributed by atoms with Gasteiger partial charge in [0, 0.05) is 11.1 Å². The van der Waals surface area contributed by atoms with Gasteiger partial charge in [0.15, 0.2) is 5.78 Å². The molecule has 2 aromatic carbocycles. The molecule has 0 atom stereocenters. The van der Waals surface area contributed by atoms with Crippen LogP contribution in [-0.4, -0.2) is 5.78 Å². The molecule has 0 spiro atoms.